The second kappa shape index (κ2) is 5.48. The highest BCUT2D eigenvalue weighted by molar-refractivity contribution is 5.27. The predicted molar refractivity (Wildman–Crippen MR) is 60.4 cm³/mol. The fourth-order valence-corrected chi connectivity index (χ4v) is 1.20. The first kappa shape index (κ1) is 10.8. The zero-order valence-electron chi connectivity index (χ0n) is 8.90. The standard InChI is InChI=1S/C13H18O/c1-3-11(2)5-4-6-12-7-9-13(14)10-8-12/h4-5,7-11,14H,3,6H2,1-2H3/b5-4+. The summed E-state index contributed by atoms with van der Waals surface area (Å²) in [7, 11) is 0. The summed E-state index contributed by atoms with van der Waals surface area (Å²) < 4.78 is 0. The minimum atomic E-state index is 0.333. The molecule has 0 fully saturated rings. The molecule has 1 rings (SSSR count). The van der Waals surface area contributed by atoms with Crippen LogP contribution in [0.1, 0.15) is 25.8 Å². The maximum absolute atomic E-state index is 9.09. The van der Waals surface area contributed by atoms with Crippen LogP contribution in [0.3, 0.4) is 0 Å². The number of hydrogen-bond acceptors (Lipinski definition) is 1. The van der Waals surface area contributed by atoms with E-state index in [1.165, 1.54) is 12.0 Å². The van der Waals surface area contributed by atoms with E-state index >= 15 is 0 Å². The van der Waals surface area contributed by atoms with E-state index in [-0.39, 0.29) is 0 Å². The molecule has 0 heterocycles. The largest absolute Gasteiger partial charge is 0.508 e. The number of rotatable bonds is 4. The summed E-state index contributed by atoms with van der Waals surface area (Å²) in [6.07, 6.45) is 6.57. The van der Waals surface area contributed by atoms with E-state index in [4.69, 9.17) is 5.11 Å². The van der Waals surface area contributed by atoms with Crippen molar-refractivity contribution in [3.8, 4) is 5.75 Å². The molecule has 0 aliphatic carbocycles. The Balaban J connectivity index is 2.45. The number of allylic oxidation sites excluding steroid dienone is 2. The lowest BCUT2D eigenvalue weighted by Crippen LogP contribution is -1.86. The zero-order valence-corrected chi connectivity index (χ0v) is 8.90. The maximum Gasteiger partial charge on any atom is 0.115 e. The van der Waals surface area contributed by atoms with Crippen LogP contribution in [0.15, 0.2) is 36.4 Å². The van der Waals surface area contributed by atoms with Gasteiger partial charge in [-0.2, -0.15) is 0 Å². The summed E-state index contributed by atoms with van der Waals surface area (Å²) in [5.74, 6) is 0.992. The van der Waals surface area contributed by atoms with Crippen molar-refractivity contribution in [3.63, 3.8) is 0 Å². The van der Waals surface area contributed by atoms with Crippen LogP contribution in [0, 0.1) is 5.92 Å². The minimum absolute atomic E-state index is 0.333. The van der Waals surface area contributed by atoms with Crippen molar-refractivity contribution in [1.82, 2.24) is 0 Å². The van der Waals surface area contributed by atoms with Gasteiger partial charge in [0.2, 0.25) is 0 Å². The Morgan fingerprint density at radius 2 is 1.93 bits per heavy atom. The number of aromatic hydroxyl groups is 1. The second-order valence-corrected chi connectivity index (χ2v) is 3.68. The van der Waals surface area contributed by atoms with Gasteiger partial charge in [0.05, 0.1) is 0 Å². The van der Waals surface area contributed by atoms with E-state index in [2.05, 4.69) is 26.0 Å². The van der Waals surface area contributed by atoms with Crippen molar-refractivity contribution < 1.29 is 5.11 Å². The van der Waals surface area contributed by atoms with Crippen molar-refractivity contribution in [3.05, 3.63) is 42.0 Å². The van der Waals surface area contributed by atoms with Crippen LogP contribution in [0.5, 0.6) is 5.75 Å². The van der Waals surface area contributed by atoms with Gasteiger partial charge in [0.15, 0.2) is 0 Å². The maximum atomic E-state index is 9.09. The average Bonchev–Trinajstić information content (AvgIpc) is 2.21. The van der Waals surface area contributed by atoms with Crippen molar-refractivity contribution in [2.75, 3.05) is 0 Å². The molecule has 14 heavy (non-hydrogen) atoms. The van der Waals surface area contributed by atoms with E-state index in [1.54, 1.807) is 12.1 Å². The molecule has 1 heteroatoms. The fourth-order valence-electron chi connectivity index (χ4n) is 1.20. The lowest BCUT2D eigenvalue weighted by Gasteiger charge is -2.00. The second-order valence-electron chi connectivity index (χ2n) is 3.68. The van der Waals surface area contributed by atoms with Crippen LogP contribution >= 0.6 is 0 Å². The molecule has 1 nitrogen and oxygen atoms in total. The van der Waals surface area contributed by atoms with Crippen LogP contribution in [-0.2, 0) is 6.42 Å². The summed E-state index contributed by atoms with van der Waals surface area (Å²) in [6.45, 7) is 4.41. The zero-order chi connectivity index (χ0) is 10.4. The quantitative estimate of drug-likeness (QED) is 0.720. The van der Waals surface area contributed by atoms with Crippen LogP contribution in [-0.4, -0.2) is 5.11 Å². The van der Waals surface area contributed by atoms with Gasteiger partial charge >= 0.3 is 0 Å². The Hall–Kier alpha value is -1.24. The molecule has 0 aliphatic rings. The molecule has 1 aromatic carbocycles. The van der Waals surface area contributed by atoms with Gasteiger partial charge in [0, 0.05) is 0 Å². The number of phenolic OH excluding ortho intramolecular Hbond substituents is 1. The number of phenols is 1. The minimum Gasteiger partial charge on any atom is -0.508 e. The number of hydrogen-bond donors (Lipinski definition) is 1. The van der Waals surface area contributed by atoms with Gasteiger partial charge in [-0.1, -0.05) is 44.6 Å². The summed E-state index contributed by atoms with van der Waals surface area (Å²) in [6, 6.07) is 7.37. The monoisotopic (exact) mass is 190 g/mol. The summed E-state index contributed by atoms with van der Waals surface area (Å²) in [4.78, 5) is 0. The lowest BCUT2D eigenvalue weighted by atomic mass is 10.1. The highest BCUT2D eigenvalue weighted by atomic mass is 16.3. The van der Waals surface area contributed by atoms with E-state index in [0.717, 1.165) is 6.42 Å². The molecule has 1 aromatic rings. The molecule has 0 aromatic heterocycles. The first-order valence-electron chi connectivity index (χ1n) is 5.17. The highest BCUT2D eigenvalue weighted by Crippen LogP contribution is 2.11. The molecule has 0 radical (unpaired) electrons. The predicted octanol–water partition coefficient (Wildman–Crippen LogP) is 3.54. The van der Waals surface area contributed by atoms with Crippen molar-refractivity contribution in [2.45, 2.75) is 26.7 Å². The molecule has 0 spiro atoms. The Labute approximate surface area is 86.1 Å². The van der Waals surface area contributed by atoms with Crippen LogP contribution in [0.25, 0.3) is 0 Å². The molecule has 0 aliphatic heterocycles. The molecule has 0 amide bonds. The molecule has 1 unspecified atom stereocenters. The molecule has 76 valence electrons. The topological polar surface area (TPSA) is 20.2 Å². The third kappa shape index (κ3) is 3.65. The molecular weight excluding hydrogens is 172 g/mol. The average molecular weight is 190 g/mol. The van der Waals surface area contributed by atoms with Gasteiger partial charge < -0.3 is 5.11 Å². The Morgan fingerprint density at radius 3 is 2.50 bits per heavy atom. The van der Waals surface area contributed by atoms with E-state index in [0.29, 0.717) is 11.7 Å². The molecule has 0 bridgehead atoms. The SMILES string of the molecule is CCC(C)/C=C/Cc1ccc(O)cc1. The van der Waals surface area contributed by atoms with Crippen molar-refractivity contribution in [1.29, 1.82) is 0 Å². The first-order chi connectivity index (χ1) is 6.72. The molecular formula is C13H18O. The van der Waals surface area contributed by atoms with Crippen molar-refractivity contribution >= 4 is 0 Å². The fraction of sp³-hybridized carbons (Fsp3) is 0.385. The van der Waals surface area contributed by atoms with Crippen LogP contribution in [0.2, 0.25) is 0 Å². The van der Waals surface area contributed by atoms with Gasteiger partial charge in [-0.3, -0.25) is 0 Å². The van der Waals surface area contributed by atoms with E-state index in [9.17, 15) is 0 Å². The Bertz CT molecular complexity index is 285. The molecule has 1 atom stereocenters. The first-order valence-corrected chi connectivity index (χ1v) is 5.17. The van der Waals surface area contributed by atoms with Crippen LogP contribution < -0.4 is 0 Å². The van der Waals surface area contributed by atoms with Gasteiger partial charge in [-0.05, 0) is 30.0 Å². The van der Waals surface area contributed by atoms with Gasteiger partial charge in [-0.15, -0.1) is 0 Å². The summed E-state index contributed by atoms with van der Waals surface area (Å²) in [5, 5.41) is 9.09. The van der Waals surface area contributed by atoms with Gasteiger partial charge in [0.25, 0.3) is 0 Å². The summed E-state index contributed by atoms with van der Waals surface area (Å²) >= 11 is 0. The highest BCUT2D eigenvalue weighted by Gasteiger charge is 1.92. The van der Waals surface area contributed by atoms with Gasteiger partial charge in [-0.25, -0.2) is 0 Å². The van der Waals surface area contributed by atoms with E-state index in [1.807, 2.05) is 12.1 Å². The molecule has 0 saturated heterocycles. The lowest BCUT2D eigenvalue weighted by molar-refractivity contribution is 0.475. The Morgan fingerprint density at radius 1 is 1.29 bits per heavy atom. The van der Waals surface area contributed by atoms with E-state index < -0.39 is 0 Å². The number of benzene rings is 1. The normalized spacial score (nSPS) is 13.3. The summed E-state index contributed by atoms with van der Waals surface area (Å²) in [5.41, 5.74) is 1.24. The Kier molecular flexibility index (Phi) is 4.24. The molecule has 0 saturated carbocycles. The van der Waals surface area contributed by atoms with Crippen molar-refractivity contribution in [2.24, 2.45) is 5.92 Å². The third-order valence-corrected chi connectivity index (χ3v) is 2.40. The van der Waals surface area contributed by atoms with Gasteiger partial charge in [0.1, 0.15) is 5.75 Å². The van der Waals surface area contributed by atoms with Crippen LogP contribution in [0.4, 0.5) is 0 Å². The third-order valence-electron chi connectivity index (χ3n) is 2.40. The smallest absolute Gasteiger partial charge is 0.115 e. The molecule has 1 N–H and O–H groups in total.